The zero-order chi connectivity index (χ0) is 30.1. The lowest BCUT2D eigenvalue weighted by molar-refractivity contribution is -0.137. The Morgan fingerprint density at radius 2 is 1.56 bits per heavy atom. The molecule has 0 fully saturated rings. The van der Waals surface area contributed by atoms with Gasteiger partial charge < -0.3 is 4.74 Å². The first-order valence-corrected chi connectivity index (χ1v) is 14.5. The van der Waals surface area contributed by atoms with Gasteiger partial charge in [-0.3, -0.25) is 10.00 Å². The van der Waals surface area contributed by atoms with Crippen molar-refractivity contribution in [2.24, 2.45) is 0 Å². The van der Waals surface area contributed by atoms with Crippen molar-refractivity contribution in [1.29, 1.82) is 0 Å². The van der Waals surface area contributed by atoms with Gasteiger partial charge in [-0.05, 0) is 46.9 Å². The van der Waals surface area contributed by atoms with Crippen molar-refractivity contribution in [2.75, 3.05) is 19.7 Å². The Hall–Kier alpha value is -4.14. The molecule has 0 atom stereocenters. The molecule has 0 unspecified atom stereocenters. The Bertz CT molecular complexity index is 1520. The summed E-state index contributed by atoms with van der Waals surface area (Å²) in [6.45, 7) is 1.90. The van der Waals surface area contributed by atoms with E-state index in [0.717, 1.165) is 28.5 Å². The number of nitrogens with zero attached hydrogens (tertiary/aromatic N) is 3. The van der Waals surface area contributed by atoms with Gasteiger partial charge in [0.05, 0.1) is 17.2 Å². The minimum absolute atomic E-state index is 0.0141. The Morgan fingerprint density at radius 1 is 0.860 bits per heavy atom. The van der Waals surface area contributed by atoms with Crippen molar-refractivity contribution in [3.63, 3.8) is 0 Å². The summed E-state index contributed by atoms with van der Waals surface area (Å²) in [5.74, 6) is 1.46. The molecule has 0 spiro atoms. The van der Waals surface area contributed by atoms with Gasteiger partial charge in [0.1, 0.15) is 12.1 Å². The largest absolute Gasteiger partial charge is 0.494 e. The number of aromatic amines is 1. The first-order valence-electron chi connectivity index (χ1n) is 14.1. The number of aromatic nitrogens is 3. The number of hydrogen-bond donors (Lipinski definition) is 1. The van der Waals surface area contributed by atoms with Crippen LogP contribution in [-0.4, -0.2) is 39.8 Å². The van der Waals surface area contributed by atoms with Crippen molar-refractivity contribution in [3.8, 4) is 5.75 Å². The summed E-state index contributed by atoms with van der Waals surface area (Å²) >= 11 is 6.33. The van der Waals surface area contributed by atoms with Crippen molar-refractivity contribution in [2.45, 2.75) is 31.5 Å². The van der Waals surface area contributed by atoms with Gasteiger partial charge >= 0.3 is 6.18 Å². The van der Waals surface area contributed by atoms with E-state index in [2.05, 4.69) is 44.3 Å². The number of halogens is 4. The number of ether oxygens (including phenoxy) is 1. The predicted molar refractivity (Wildman–Crippen MR) is 162 cm³/mol. The Kier molecular flexibility index (Phi) is 10.1. The maximum atomic E-state index is 13.6. The van der Waals surface area contributed by atoms with Gasteiger partial charge in [0.2, 0.25) is 0 Å². The molecule has 5 aromatic rings. The van der Waals surface area contributed by atoms with Gasteiger partial charge in [-0.25, -0.2) is 4.98 Å². The molecular weight excluding hydrogens is 573 g/mol. The van der Waals surface area contributed by atoms with Gasteiger partial charge in [-0.1, -0.05) is 96.5 Å². The highest BCUT2D eigenvalue weighted by atomic mass is 35.5. The van der Waals surface area contributed by atoms with Crippen LogP contribution in [0, 0.1) is 0 Å². The van der Waals surface area contributed by atoms with Gasteiger partial charge in [-0.2, -0.15) is 18.3 Å². The van der Waals surface area contributed by atoms with Crippen LogP contribution in [0.2, 0.25) is 5.02 Å². The topological polar surface area (TPSA) is 54.0 Å². The zero-order valence-corrected chi connectivity index (χ0v) is 24.2. The van der Waals surface area contributed by atoms with E-state index >= 15 is 0 Å². The first kappa shape index (κ1) is 30.3. The van der Waals surface area contributed by atoms with Gasteiger partial charge in [0, 0.05) is 32.0 Å². The first-order chi connectivity index (χ1) is 20.9. The van der Waals surface area contributed by atoms with Crippen LogP contribution in [0.15, 0.2) is 109 Å². The lowest BCUT2D eigenvalue weighted by Crippen LogP contribution is -2.31. The van der Waals surface area contributed by atoms with E-state index in [4.69, 9.17) is 16.3 Å². The molecule has 1 N–H and O–H groups in total. The van der Waals surface area contributed by atoms with E-state index in [0.29, 0.717) is 43.9 Å². The number of rotatable bonds is 13. The fourth-order valence-electron chi connectivity index (χ4n) is 5.16. The third-order valence-electron chi connectivity index (χ3n) is 7.24. The smallest absolute Gasteiger partial charge is 0.417 e. The molecule has 0 aliphatic heterocycles. The summed E-state index contributed by atoms with van der Waals surface area (Å²) in [4.78, 5) is 6.34. The summed E-state index contributed by atoms with van der Waals surface area (Å²) < 4.78 is 47.0. The summed E-state index contributed by atoms with van der Waals surface area (Å²) in [6.07, 6.45) is -1.72. The minimum atomic E-state index is -4.52. The quantitative estimate of drug-likeness (QED) is 0.138. The van der Waals surface area contributed by atoms with E-state index < -0.39 is 11.7 Å². The van der Waals surface area contributed by atoms with E-state index in [1.165, 1.54) is 6.07 Å². The Labute approximate surface area is 254 Å². The maximum absolute atomic E-state index is 13.6. The lowest BCUT2D eigenvalue weighted by atomic mass is 9.90. The fraction of sp³-hybridized carbons (Fsp3) is 0.235. The van der Waals surface area contributed by atoms with E-state index in [-0.39, 0.29) is 17.5 Å². The van der Waals surface area contributed by atoms with Crippen LogP contribution in [0.3, 0.4) is 0 Å². The molecule has 43 heavy (non-hydrogen) atoms. The molecule has 0 aliphatic rings. The van der Waals surface area contributed by atoms with E-state index in [1.54, 1.807) is 12.4 Å². The molecule has 1 heterocycles. The zero-order valence-electron chi connectivity index (χ0n) is 23.5. The SMILES string of the molecule is FC(F)(F)c1cccc(CN(CCCOc2cccc(Cc3nc[nH]n3)c2)CC(c2ccccc2)c2ccccc2)c1Cl. The lowest BCUT2D eigenvalue weighted by Gasteiger charge is -2.29. The van der Waals surface area contributed by atoms with Crippen LogP contribution in [0.5, 0.6) is 5.75 Å². The van der Waals surface area contributed by atoms with Crippen LogP contribution < -0.4 is 4.74 Å². The van der Waals surface area contributed by atoms with Crippen LogP contribution in [-0.2, 0) is 19.1 Å². The molecule has 9 heteroatoms. The monoisotopic (exact) mass is 604 g/mol. The van der Waals surface area contributed by atoms with Crippen molar-refractivity contribution >= 4 is 11.6 Å². The molecule has 5 nitrogen and oxygen atoms in total. The summed E-state index contributed by atoms with van der Waals surface area (Å²) in [5, 5.41) is 6.58. The van der Waals surface area contributed by atoms with Gasteiger partial charge in [0.25, 0.3) is 0 Å². The number of H-pyrrole nitrogens is 1. The third kappa shape index (κ3) is 8.46. The minimum Gasteiger partial charge on any atom is -0.494 e. The molecule has 0 saturated carbocycles. The highest BCUT2D eigenvalue weighted by molar-refractivity contribution is 6.32. The summed E-state index contributed by atoms with van der Waals surface area (Å²) in [7, 11) is 0. The third-order valence-corrected chi connectivity index (χ3v) is 7.68. The summed E-state index contributed by atoms with van der Waals surface area (Å²) in [6, 6.07) is 32.2. The van der Waals surface area contributed by atoms with Crippen LogP contribution in [0.25, 0.3) is 0 Å². The van der Waals surface area contributed by atoms with Gasteiger partial charge in [0.15, 0.2) is 5.82 Å². The van der Waals surface area contributed by atoms with Crippen LogP contribution in [0.4, 0.5) is 13.2 Å². The predicted octanol–water partition coefficient (Wildman–Crippen LogP) is 8.17. The van der Waals surface area contributed by atoms with Crippen LogP contribution >= 0.6 is 11.6 Å². The van der Waals surface area contributed by atoms with Crippen molar-refractivity contribution in [3.05, 3.63) is 148 Å². The Balaban J connectivity index is 1.32. The second-order valence-electron chi connectivity index (χ2n) is 10.3. The normalized spacial score (nSPS) is 11.8. The Morgan fingerprint density at radius 3 is 2.21 bits per heavy atom. The second-order valence-corrected chi connectivity index (χ2v) is 10.7. The van der Waals surface area contributed by atoms with E-state index in [9.17, 15) is 13.2 Å². The average Bonchev–Trinajstić information content (AvgIpc) is 3.52. The standard InChI is InChI=1S/C34H32ClF3N4O/c35-33-28(15-8-17-31(33)34(36,37)38)22-42(23-30(26-11-3-1-4-12-26)27-13-5-2-6-14-27)18-9-19-43-29-16-7-10-25(20-29)21-32-39-24-40-41-32/h1-8,10-17,20,24,30H,9,18-19,21-23H2,(H,39,40,41). The number of hydrogen-bond acceptors (Lipinski definition) is 4. The van der Waals surface area contributed by atoms with Gasteiger partial charge in [-0.15, -0.1) is 0 Å². The molecule has 0 radical (unpaired) electrons. The molecule has 0 bridgehead atoms. The van der Waals surface area contributed by atoms with Crippen LogP contribution in [0.1, 0.15) is 46.0 Å². The highest BCUT2D eigenvalue weighted by Crippen LogP contribution is 2.37. The molecule has 0 saturated heterocycles. The molecular formula is C34H32ClF3N4O. The number of alkyl halides is 3. The maximum Gasteiger partial charge on any atom is 0.417 e. The highest BCUT2D eigenvalue weighted by Gasteiger charge is 2.34. The van der Waals surface area contributed by atoms with Crippen molar-refractivity contribution < 1.29 is 17.9 Å². The average molecular weight is 605 g/mol. The number of benzene rings is 4. The van der Waals surface area contributed by atoms with E-state index in [1.807, 2.05) is 60.7 Å². The molecule has 1 aromatic heterocycles. The molecule has 0 amide bonds. The molecule has 222 valence electrons. The van der Waals surface area contributed by atoms with Crippen molar-refractivity contribution in [1.82, 2.24) is 20.1 Å². The molecule has 4 aromatic carbocycles. The fourth-order valence-corrected chi connectivity index (χ4v) is 5.45. The summed E-state index contributed by atoms with van der Waals surface area (Å²) in [5.41, 5.74) is 2.92. The number of nitrogens with one attached hydrogen (secondary N) is 1. The molecule has 0 aliphatic carbocycles. The second kappa shape index (κ2) is 14.4. The molecule has 5 rings (SSSR count).